The van der Waals surface area contributed by atoms with E-state index in [1.807, 2.05) is 18.2 Å². The number of methoxy groups -OCH3 is 1. The Morgan fingerprint density at radius 1 is 1.19 bits per heavy atom. The summed E-state index contributed by atoms with van der Waals surface area (Å²) in [6.07, 6.45) is 13.4. The van der Waals surface area contributed by atoms with Gasteiger partial charge in [0.15, 0.2) is 0 Å². The molecule has 0 aromatic rings. The lowest BCUT2D eigenvalue weighted by Crippen LogP contribution is -2.24. The van der Waals surface area contributed by atoms with Gasteiger partial charge in [0.05, 0.1) is 24.9 Å². The third-order valence-electron chi connectivity index (χ3n) is 5.43. The molecule has 1 aliphatic carbocycles. The molecule has 0 aliphatic heterocycles. The summed E-state index contributed by atoms with van der Waals surface area (Å²) < 4.78 is 4.61. The van der Waals surface area contributed by atoms with Crippen molar-refractivity contribution in [2.45, 2.75) is 89.4 Å². The fourth-order valence-corrected chi connectivity index (χ4v) is 3.68. The first-order valence-corrected chi connectivity index (χ1v) is 10.3. The van der Waals surface area contributed by atoms with Crippen LogP contribution in [0.2, 0.25) is 0 Å². The highest BCUT2D eigenvalue weighted by atomic mass is 16.5. The van der Waals surface area contributed by atoms with Gasteiger partial charge in [0, 0.05) is 18.8 Å². The Hall–Kier alpha value is -1.17. The van der Waals surface area contributed by atoms with E-state index >= 15 is 0 Å². The molecule has 0 spiro atoms. The standard InChI is InChI=1S/C22H38O5/c1-4-5-10-14-22(2,26)15-13-18-17(19(23)16-20(18)24)11-8-6-7-9-12-21(25)27-3/h6,8,13,15,17-20,23-24,26H,4-5,7,9-12,14,16H2,1-3H3/b8-6+,15-13?/t17?,18-,19?,20?,22-/m1/s1. The van der Waals surface area contributed by atoms with Crippen molar-refractivity contribution < 1.29 is 24.9 Å². The van der Waals surface area contributed by atoms with Gasteiger partial charge in [-0.3, -0.25) is 4.79 Å². The first-order valence-electron chi connectivity index (χ1n) is 10.3. The molecule has 5 heteroatoms. The number of hydrogen-bond acceptors (Lipinski definition) is 5. The lowest BCUT2D eigenvalue weighted by molar-refractivity contribution is -0.140. The van der Waals surface area contributed by atoms with Gasteiger partial charge in [-0.2, -0.15) is 0 Å². The van der Waals surface area contributed by atoms with Crippen molar-refractivity contribution in [1.82, 2.24) is 0 Å². The van der Waals surface area contributed by atoms with Crippen LogP contribution in [-0.4, -0.2) is 46.2 Å². The van der Waals surface area contributed by atoms with E-state index in [-0.39, 0.29) is 17.8 Å². The molecule has 0 heterocycles. The molecular formula is C22H38O5. The van der Waals surface area contributed by atoms with Gasteiger partial charge < -0.3 is 20.1 Å². The SMILES string of the molecule is CCCCC[C@@](C)(O)C=C[C@H]1C(O)CC(O)C1C/C=C/CCCC(=O)OC. The summed E-state index contributed by atoms with van der Waals surface area (Å²) in [6, 6.07) is 0. The molecule has 3 N–H and O–H groups in total. The van der Waals surface area contributed by atoms with Crippen molar-refractivity contribution in [2.24, 2.45) is 11.8 Å². The molecule has 1 aliphatic rings. The van der Waals surface area contributed by atoms with Crippen molar-refractivity contribution in [2.75, 3.05) is 7.11 Å². The summed E-state index contributed by atoms with van der Waals surface area (Å²) in [5.74, 6) is -0.411. The zero-order valence-electron chi connectivity index (χ0n) is 17.1. The summed E-state index contributed by atoms with van der Waals surface area (Å²) in [4.78, 5) is 11.1. The van der Waals surface area contributed by atoms with Crippen molar-refractivity contribution >= 4 is 5.97 Å². The number of hydrogen-bond donors (Lipinski definition) is 3. The summed E-state index contributed by atoms with van der Waals surface area (Å²) in [6.45, 7) is 3.93. The molecule has 0 aromatic carbocycles. The molecule has 5 atom stereocenters. The number of unbranched alkanes of at least 4 members (excludes halogenated alkanes) is 3. The van der Waals surface area contributed by atoms with Crippen LogP contribution < -0.4 is 0 Å². The molecule has 0 radical (unpaired) electrons. The van der Waals surface area contributed by atoms with Crippen LogP contribution in [0.3, 0.4) is 0 Å². The van der Waals surface area contributed by atoms with E-state index in [0.717, 1.165) is 32.1 Å². The second-order valence-electron chi connectivity index (χ2n) is 7.96. The largest absolute Gasteiger partial charge is 0.469 e. The number of aliphatic hydroxyl groups excluding tert-OH is 2. The highest BCUT2D eigenvalue weighted by Gasteiger charge is 2.39. The van der Waals surface area contributed by atoms with Gasteiger partial charge in [0.25, 0.3) is 0 Å². The molecule has 1 rings (SSSR count). The average Bonchev–Trinajstić information content (AvgIpc) is 2.89. The maximum Gasteiger partial charge on any atom is 0.305 e. The number of carbonyl (C=O) groups excluding carboxylic acids is 1. The van der Waals surface area contributed by atoms with Gasteiger partial charge in [0.2, 0.25) is 0 Å². The second-order valence-corrected chi connectivity index (χ2v) is 7.96. The van der Waals surface area contributed by atoms with Crippen LogP contribution in [0, 0.1) is 11.8 Å². The minimum absolute atomic E-state index is 0.0560. The molecule has 1 saturated carbocycles. The van der Waals surface area contributed by atoms with Crippen molar-refractivity contribution in [3.63, 3.8) is 0 Å². The first-order chi connectivity index (χ1) is 12.8. The average molecular weight is 383 g/mol. The molecule has 156 valence electrons. The summed E-state index contributed by atoms with van der Waals surface area (Å²) >= 11 is 0. The number of carbonyl (C=O) groups is 1. The highest BCUT2D eigenvalue weighted by molar-refractivity contribution is 5.69. The number of ether oxygens (including phenoxy) is 1. The Bertz CT molecular complexity index is 483. The summed E-state index contributed by atoms with van der Waals surface area (Å²) in [7, 11) is 1.39. The topological polar surface area (TPSA) is 87.0 Å². The number of allylic oxidation sites excluding steroid dienone is 2. The van der Waals surface area contributed by atoms with Crippen LogP contribution in [-0.2, 0) is 9.53 Å². The van der Waals surface area contributed by atoms with E-state index in [1.54, 1.807) is 13.0 Å². The fraction of sp³-hybridized carbons (Fsp3) is 0.773. The van der Waals surface area contributed by atoms with Crippen molar-refractivity contribution in [1.29, 1.82) is 0 Å². The quantitative estimate of drug-likeness (QED) is 0.273. The molecule has 1 fully saturated rings. The Labute approximate surface area is 164 Å². The van der Waals surface area contributed by atoms with E-state index < -0.39 is 17.8 Å². The van der Waals surface area contributed by atoms with Crippen LogP contribution in [0.1, 0.15) is 71.6 Å². The Kier molecular flexibility index (Phi) is 10.9. The van der Waals surface area contributed by atoms with Crippen LogP contribution in [0.25, 0.3) is 0 Å². The third-order valence-corrected chi connectivity index (χ3v) is 5.43. The Balaban J connectivity index is 2.54. The fourth-order valence-electron chi connectivity index (χ4n) is 3.68. The zero-order valence-corrected chi connectivity index (χ0v) is 17.1. The normalized spacial score (nSPS) is 28.1. The molecule has 3 unspecified atom stereocenters. The van der Waals surface area contributed by atoms with E-state index in [0.29, 0.717) is 25.7 Å². The van der Waals surface area contributed by atoms with E-state index in [2.05, 4.69) is 11.7 Å². The minimum atomic E-state index is -0.878. The maximum atomic E-state index is 11.1. The summed E-state index contributed by atoms with van der Waals surface area (Å²) in [5.41, 5.74) is -0.878. The Morgan fingerprint density at radius 3 is 2.59 bits per heavy atom. The smallest absolute Gasteiger partial charge is 0.305 e. The lowest BCUT2D eigenvalue weighted by Gasteiger charge is -2.23. The molecular weight excluding hydrogens is 344 g/mol. The van der Waals surface area contributed by atoms with Gasteiger partial charge in [0.1, 0.15) is 0 Å². The summed E-state index contributed by atoms with van der Waals surface area (Å²) in [5, 5.41) is 31.1. The van der Waals surface area contributed by atoms with Crippen LogP contribution in [0.15, 0.2) is 24.3 Å². The van der Waals surface area contributed by atoms with E-state index in [9.17, 15) is 20.1 Å². The zero-order chi connectivity index (χ0) is 20.3. The van der Waals surface area contributed by atoms with Gasteiger partial charge in [-0.1, -0.05) is 50.5 Å². The number of aliphatic hydroxyl groups is 3. The minimum Gasteiger partial charge on any atom is -0.469 e. The van der Waals surface area contributed by atoms with Crippen molar-refractivity contribution in [3.8, 4) is 0 Å². The van der Waals surface area contributed by atoms with Crippen LogP contribution >= 0.6 is 0 Å². The molecule has 0 aromatic heterocycles. The molecule has 0 saturated heterocycles. The van der Waals surface area contributed by atoms with Crippen LogP contribution in [0.5, 0.6) is 0 Å². The van der Waals surface area contributed by atoms with Crippen molar-refractivity contribution in [3.05, 3.63) is 24.3 Å². The third kappa shape index (κ3) is 9.04. The van der Waals surface area contributed by atoms with Gasteiger partial charge >= 0.3 is 5.97 Å². The predicted octanol–water partition coefficient (Wildman–Crippen LogP) is 3.52. The molecule has 27 heavy (non-hydrogen) atoms. The second kappa shape index (κ2) is 12.3. The van der Waals surface area contributed by atoms with Gasteiger partial charge in [-0.15, -0.1) is 0 Å². The molecule has 5 nitrogen and oxygen atoms in total. The van der Waals surface area contributed by atoms with E-state index in [1.165, 1.54) is 7.11 Å². The molecule has 0 amide bonds. The predicted molar refractivity (Wildman–Crippen MR) is 107 cm³/mol. The van der Waals surface area contributed by atoms with Gasteiger partial charge in [-0.05, 0) is 38.5 Å². The Morgan fingerprint density at radius 2 is 1.93 bits per heavy atom. The van der Waals surface area contributed by atoms with E-state index in [4.69, 9.17) is 0 Å². The monoisotopic (exact) mass is 382 g/mol. The lowest BCUT2D eigenvalue weighted by atomic mass is 9.88. The van der Waals surface area contributed by atoms with Gasteiger partial charge in [-0.25, -0.2) is 0 Å². The maximum absolute atomic E-state index is 11.1. The molecule has 0 bridgehead atoms. The number of rotatable bonds is 12. The highest BCUT2D eigenvalue weighted by Crippen LogP contribution is 2.37. The van der Waals surface area contributed by atoms with Crippen LogP contribution in [0.4, 0.5) is 0 Å². The first kappa shape index (κ1) is 23.9. The number of esters is 1.